The molecule has 104 valence electrons. The molecule has 2 N–H and O–H groups in total. The molecule has 2 heteroatoms. The Bertz CT molecular complexity index is 390. The van der Waals surface area contributed by atoms with Crippen LogP contribution in [0.25, 0.3) is 0 Å². The maximum absolute atomic E-state index is 6.02. The van der Waals surface area contributed by atoms with E-state index in [9.17, 15) is 0 Å². The predicted octanol–water partition coefficient (Wildman–Crippen LogP) is 2.99. The Morgan fingerprint density at radius 2 is 1.89 bits per heavy atom. The zero-order valence-corrected chi connectivity index (χ0v) is 11.8. The fourth-order valence-corrected chi connectivity index (χ4v) is 4.05. The second-order valence-electron chi connectivity index (χ2n) is 6.24. The summed E-state index contributed by atoms with van der Waals surface area (Å²) in [6.45, 7) is 3.21. The van der Waals surface area contributed by atoms with Crippen molar-refractivity contribution in [2.24, 2.45) is 11.7 Å². The molecule has 0 bridgehead atoms. The molecule has 3 rings (SSSR count). The molecule has 0 spiro atoms. The fourth-order valence-electron chi connectivity index (χ4n) is 4.05. The van der Waals surface area contributed by atoms with Gasteiger partial charge in [-0.05, 0) is 37.3 Å². The van der Waals surface area contributed by atoms with Crippen molar-refractivity contribution >= 4 is 0 Å². The quantitative estimate of drug-likeness (QED) is 0.899. The van der Waals surface area contributed by atoms with Crippen LogP contribution in [0.4, 0.5) is 0 Å². The molecular formula is C17H26N2. The monoisotopic (exact) mass is 258 g/mol. The summed E-state index contributed by atoms with van der Waals surface area (Å²) in [7, 11) is 0. The minimum atomic E-state index is 0.502. The van der Waals surface area contributed by atoms with Gasteiger partial charge in [-0.3, -0.25) is 4.90 Å². The van der Waals surface area contributed by atoms with Crippen molar-refractivity contribution in [2.45, 2.75) is 44.1 Å². The lowest BCUT2D eigenvalue weighted by atomic mass is 9.85. The van der Waals surface area contributed by atoms with Gasteiger partial charge in [0.2, 0.25) is 0 Å². The molecule has 19 heavy (non-hydrogen) atoms. The van der Waals surface area contributed by atoms with Gasteiger partial charge in [0.05, 0.1) is 0 Å². The molecule has 2 fully saturated rings. The van der Waals surface area contributed by atoms with E-state index in [0.29, 0.717) is 5.92 Å². The molecule has 1 heterocycles. The highest BCUT2D eigenvalue weighted by atomic mass is 15.2. The standard InChI is InChI=1S/C17H26N2/c18-12-16(14-6-2-1-3-7-14)13-19-11-10-15-8-4-5-9-17(15)19/h1-3,6-7,15-17H,4-5,8-13,18H2. The van der Waals surface area contributed by atoms with Crippen molar-refractivity contribution in [1.82, 2.24) is 4.90 Å². The number of fused-ring (bicyclic) bond motifs is 1. The highest BCUT2D eigenvalue weighted by Gasteiger charge is 2.36. The molecule has 0 radical (unpaired) electrons. The molecule has 1 saturated heterocycles. The first-order valence-electron chi connectivity index (χ1n) is 7.87. The van der Waals surface area contributed by atoms with Crippen LogP contribution < -0.4 is 5.73 Å². The Balaban J connectivity index is 1.66. The van der Waals surface area contributed by atoms with Crippen LogP contribution in [0.2, 0.25) is 0 Å². The molecule has 1 saturated carbocycles. The molecule has 3 atom stereocenters. The van der Waals surface area contributed by atoms with E-state index in [1.54, 1.807) is 0 Å². The van der Waals surface area contributed by atoms with Crippen LogP contribution in [-0.4, -0.2) is 30.6 Å². The van der Waals surface area contributed by atoms with Gasteiger partial charge in [0, 0.05) is 25.0 Å². The van der Waals surface area contributed by atoms with E-state index in [1.807, 2.05) is 0 Å². The maximum atomic E-state index is 6.02. The van der Waals surface area contributed by atoms with E-state index in [-0.39, 0.29) is 0 Å². The zero-order chi connectivity index (χ0) is 13.1. The van der Waals surface area contributed by atoms with E-state index in [0.717, 1.165) is 25.0 Å². The SMILES string of the molecule is NCC(CN1CCC2CCCCC21)c1ccccc1. The summed E-state index contributed by atoms with van der Waals surface area (Å²) >= 11 is 0. The molecule has 0 aromatic heterocycles. The van der Waals surface area contributed by atoms with Gasteiger partial charge < -0.3 is 5.73 Å². The largest absolute Gasteiger partial charge is 0.330 e. The van der Waals surface area contributed by atoms with Crippen molar-refractivity contribution in [3.05, 3.63) is 35.9 Å². The van der Waals surface area contributed by atoms with E-state index in [4.69, 9.17) is 5.73 Å². The summed E-state index contributed by atoms with van der Waals surface area (Å²) in [5.74, 6) is 1.48. The van der Waals surface area contributed by atoms with Crippen molar-refractivity contribution in [1.29, 1.82) is 0 Å². The van der Waals surface area contributed by atoms with Gasteiger partial charge in [-0.2, -0.15) is 0 Å². The topological polar surface area (TPSA) is 29.3 Å². The second kappa shape index (κ2) is 6.06. The molecule has 3 unspecified atom stereocenters. The minimum absolute atomic E-state index is 0.502. The Hall–Kier alpha value is -0.860. The van der Waals surface area contributed by atoms with E-state index >= 15 is 0 Å². The van der Waals surface area contributed by atoms with Crippen LogP contribution in [0.1, 0.15) is 43.6 Å². The van der Waals surface area contributed by atoms with Crippen LogP contribution in [-0.2, 0) is 0 Å². The lowest BCUT2D eigenvalue weighted by Gasteiger charge is -2.33. The Labute approximate surface area is 117 Å². The predicted molar refractivity (Wildman–Crippen MR) is 80.2 cm³/mol. The number of hydrogen-bond acceptors (Lipinski definition) is 2. The molecule has 1 aliphatic heterocycles. The van der Waals surface area contributed by atoms with Gasteiger partial charge in [0.25, 0.3) is 0 Å². The first kappa shape index (κ1) is 13.1. The Morgan fingerprint density at radius 1 is 1.11 bits per heavy atom. The number of nitrogens with two attached hydrogens (primary N) is 1. The van der Waals surface area contributed by atoms with Crippen LogP contribution >= 0.6 is 0 Å². The van der Waals surface area contributed by atoms with E-state index < -0.39 is 0 Å². The van der Waals surface area contributed by atoms with Crippen LogP contribution in [0.5, 0.6) is 0 Å². The zero-order valence-electron chi connectivity index (χ0n) is 11.8. The van der Waals surface area contributed by atoms with Gasteiger partial charge in [0.15, 0.2) is 0 Å². The summed E-state index contributed by atoms with van der Waals surface area (Å²) in [6, 6.07) is 11.7. The third kappa shape index (κ3) is 2.85. The molecule has 1 aromatic rings. The highest BCUT2D eigenvalue weighted by molar-refractivity contribution is 5.20. The number of benzene rings is 1. The summed E-state index contributed by atoms with van der Waals surface area (Å²) < 4.78 is 0. The number of nitrogens with zero attached hydrogens (tertiary/aromatic N) is 1. The third-order valence-corrected chi connectivity index (χ3v) is 5.14. The van der Waals surface area contributed by atoms with Crippen LogP contribution in [0.3, 0.4) is 0 Å². The Morgan fingerprint density at radius 3 is 2.68 bits per heavy atom. The number of hydrogen-bond donors (Lipinski definition) is 1. The molecule has 1 aromatic carbocycles. The van der Waals surface area contributed by atoms with Crippen molar-refractivity contribution in [3.63, 3.8) is 0 Å². The van der Waals surface area contributed by atoms with Gasteiger partial charge in [-0.1, -0.05) is 43.2 Å². The van der Waals surface area contributed by atoms with Crippen LogP contribution in [0.15, 0.2) is 30.3 Å². The van der Waals surface area contributed by atoms with Crippen LogP contribution in [0, 0.1) is 5.92 Å². The van der Waals surface area contributed by atoms with E-state index in [1.165, 1.54) is 44.2 Å². The molecule has 0 amide bonds. The lowest BCUT2D eigenvalue weighted by Crippen LogP contribution is -2.38. The maximum Gasteiger partial charge on any atom is 0.0124 e. The lowest BCUT2D eigenvalue weighted by molar-refractivity contribution is 0.174. The van der Waals surface area contributed by atoms with Crippen molar-refractivity contribution in [3.8, 4) is 0 Å². The summed E-state index contributed by atoms with van der Waals surface area (Å²) in [4.78, 5) is 2.73. The Kier molecular flexibility index (Phi) is 4.19. The second-order valence-corrected chi connectivity index (χ2v) is 6.24. The summed E-state index contributed by atoms with van der Waals surface area (Å²) in [5.41, 5.74) is 7.43. The smallest absolute Gasteiger partial charge is 0.0124 e. The minimum Gasteiger partial charge on any atom is -0.330 e. The number of rotatable bonds is 4. The number of likely N-dealkylation sites (tertiary alicyclic amines) is 1. The van der Waals surface area contributed by atoms with Gasteiger partial charge in [0.1, 0.15) is 0 Å². The third-order valence-electron chi connectivity index (χ3n) is 5.14. The summed E-state index contributed by atoms with van der Waals surface area (Å²) in [6.07, 6.45) is 7.16. The highest BCUT2D eigenvalue weighted by Crippen LogP contribution is 2.37. The first-order valence-corrected chi connectivity index (χ1v) is 7.87. The van der Waals surface area contributed by atoms with E-state index in [2.05, 4.69) is 35.2 Å². The van der Waals surface area contributed by atoms with Gasteiger partial charge >= 0.3 is 0 Å². The molecule has 1 aliphatic carbocycles. The average molecular weight is 258 g/mol. The normalized spacial score (nSPS) is 29.1. The first-order chi connectivity index (χ1) is 9.38. The van der Waals surface area contributed by atoms with Crippen molar-refractivity contribution < 1.29 is 0 Å². The van der Waals surface area contributed by atoms with Gasteiger partial charge in [-0.25, -0.2) is 0 Å². The van der Waals surface area contributed by atoms with Crippen molar-refractivity contribution in [2.75, 3.05) is 19.6 Å². The molecule has 2 aliphatic rings. The average Bonchev–Trinajstić information content (AvgIpc) is 2.89. The molecule has 2 nitrogen and oxygen atoms in total. The summed E-state index contributed by atoms with van der Waals surface area (Å²) in [5, 5.41) is 0. The fraction of sp³-hybridized carbons (Fsp3) is 0.647. The van der Waals surface area contributed by atoms with Gasteiger partial charge in [-0.15, -0.1) is 0 Å². The molecular weight excluding hydrogens is 232 g/mol.